The second kappa shape index (κ2) is 7.88. The van der Waals surface area contributed by atoms with Crippen LogP contribution in [0.4, 0.5) is 0 Å². The zero-order valence-electron chi connectivity index (χ0n) is 11.2. The van der Waals surface area contributed by atoms with Crippen molar-refractivity contribution in [2.45, 2.75) is 46.2 Å². The van der Waals surface area contributed by atoms with Crippen molar-refractivity contribution in [1.29, 1.82) is 0 Å². The Labute approximate surface area is 113 Å². The molecule has 0 amide bonds. The van der Waals surface area contributed by atoms with Crippen molar-refractivity contribution < 1.29 is 0 Å². The Balaban J connectivity index is 2.52. The van der Waals surface area contributed by atoms with E-state index in [9.17, 15) is 0 Å². The molecule has 4 heteroatoms. The number of aromatic nitrogens is 2. The molecule has 0 aromatic carbocycles. The zero-order chi connectivity index (χ0) is 12.7. The Bertz CT molecular complexity index is 309. The van der Waals surface area contributed by atoms with E-state index in [4.69, 9.17) is 0 Å². The van der Waals surface area contributed by atoms with Crippen LogP contribution in [0.5, 0.6) is 0 Å². The van der Waals surface area contributed by atoms with E-state index in [0.29, 0.717) is 6.04 Å². The molecular weight excluding hydrogens is 278 g/mol. The second-order valence-corrected chi connectivity index (χ2v) is 5.49. The van der Waals surface area contributed by atoms with Crippen molar-refractivity contribution in [3.05, 3.63) is 18.0 Å². The molecule has 0 unspecified atom stereocenters. The lowest BCUT2D eigenvalue weighted by Gasteiger charge is -2.19. The molecule has 98 valence electrons. The summed E-state index contributed by atoms with van der Waals surface area (Å²) in [5.41, 5.74) is 1.18. The van der Waals surface area contributed by atoms with Gasteiger partial charge in [-0.3, -0.25) is 9.58 Å². The molecule has 0 saturated heterocycles. The van der Waals surface area contributed by atoms with E-state index < -0.39 is 0 Å². The second-order valence-electron chi connectivity index (χ2n) is 4.70. The SMILES string of the molecule is CCCCN(CCBr)Cc1ccn(C(C)C)n1. The molecular formula is C13H24BrN3. The van der Waals surface area contributed by atoms with Gasteiger partial charge in [0.25, 0.3) is 0 Å². The lowest BCUT2D eigenvalue weighted by molar-refractivity contribution is 0.273. The van der Waals surface area contributed by atoms with Crippen LogP contribution in [0.1, 0.15) is 45.3 Å². The highest BCUT2D eigenvalue weighted by molar-refractivity contribution is 9.09. The maximum Gasteiger partial charge on any atom is 0.0764 e. The highest BCUT2D eigenvalue weighted by Gasteiger charge is 2.08. The number of unbranched alkanes of at least 4 members (excludes halogenated alkanes) is 1. The quantitative estimate of drug-likeness (QED) is 0.686. The molecule has 0 aliphatic heterocycles. The summed E-state index contributed by atoms with van der Waals surface area (Å²) >= 11 is 3.52. The first-order chi connectivity index (χ1) is 8.17. The topological polar surface area (TPSA) is 21.1 Å². The number of hydrogen-bond donors (Lipinski definition) is 0. The first-order valence-electron chi connectivity index (χ1n) is 6.49. The first-order valence-corrected chi connectivity index (χ1v) is 7.61. The number of halogens is 1. The third kappa shape index (κ3) is 5.21. The molecule has 0 N–H and O–H groups in total. The predicted octanol–water partition coefficient (Wildman–Crippen LogP) is 3.46. The van der Waals surface area contributed by atoms with Crippen LogP contribution in [-0.4, -0.2) is 33.1 Å². The van der Waals surface area contributed by atoms with E-state index in [1.165, 1.54) is 18.5 Å². The van der Waals surface area contributed by atoms with Crippen molar-refractivity contribution in [3.63, 3.8) is 0 Å². The highest BCUT2D eigenvalue weighted by Crippen LogP contribution is 2.08. The van der Waals surface area contributed by atoms with Crippen molar-refractivity contribution >= 4 is 15.9 Å². The summed E-state index contributed by atoms with van der Waals surface area (Å²) < 4.78 is 2.03. The van der Waals surface area contributed by atoms with Crippen LogP contribution in [0.25, 0.3) is 0 Å². The molecule has 0 spiro atoms. The van der Waals surface area contributed by atoms with E-state index in [2.05, 4.69) is 59.0 Å². The molecule has 0 radical (unpaired) electrons. The van der Waals surface area contributed by atoms with Crippen LogP contribution in [0, 0.1) is 0 Å². The average molecular weight is 302 g/mol. The molecule has 1 heterocycles. The summed E-state index contributed by atoms with van der Waals surface area (Å²) in [7, 11) is 0. The molecule has 3 nitrogen and oxygen atoms in total. The Morgan fingerprint density at radius 1 is 1.41 bits per heavy atom. The first kappa shape index (κ1) is 14.7. The van der Waals surface area contributed by atoms with E-state index in [1.807, 2.05) is 4.68 Å². The van der Waals surface area contributed by atoms with Crippen LogP contribution in [0.3, 0.4) is 0 Å². The van der Waals surface area contributed by atoms with Crippen LogP contribution < -0.4 is 0 Å². The zero-order valence-corrected chi connectivity index (χ0v) is 12.8. The van der Waals surface area contributed by atoms with Gasteiger partial charge in [0.05, 0.1) is 5.69 Å². The van der Waals surface area contributed by atoms with Gasteiger partial charge >= 0.3 is 0 Å². The van der Waals surface area contributed by atoms with E-state index in [0.717, 1.165) is 25.0 Å². The Kier molecular flexibility index (Phi) is 6.82. The molecule has 0 fully saturated rings. The van der Waals surface area contributed by atoms with Gasteiger partial charge in [-0.05, 0) is 32.9 Å². The van der Waals surface area contributed by atoms with Gasteiger partial charge in [-0.1, -0.05) is 29.3 Å². The summed E-state index contributed by atoms with van der Waals surface area (Å²) in [6.07, 6.45) is 4.59. The fourth-order valence-corrected chi connectivity index (χ4v) is 2.25. The molecule has 1 aromatic rings. The Morgan fingerprint density at radius 2 is 2.18 bits per heavy atom. The summed E-state index contributed by atoms with van der Waals surface area (Å²) in [6.45, 7) is 9.77. The van der Waals surface area contributed by atoms with Gasteiger partial charge in [-0.15, -0.1) is 0 Å². The number of alkyl halides is 1. The summed E-state index contributed by atoms with van der Waals surface area (Å²) in [4.78, 5) is 2.46. The number of nitrogens with zero attached hydrogens (tertiary/aromatic N) is 3. The van der Waals surface area contributed by atoms with Crippen LogP contribution in [0.15, 0.2) is 12.3 Å². The number of rotatable bonds is 8. The number of hydrogen-bond acceptors (Lipinski definition) is 2. The Hall–Kier alpha value is -0.350. The fraction of sp³-hybridized carbons (Fsp3) is 0.769. The van der Waals surface area contributed by atoms with E-state index >= 15 is 0 Å². The van der Waals surface area contributed by atoms with Gasteiger partial charge in [-0.2, -0.15) is 5.10 Å². The smallest absolute Gasteiger partial charge is 0.0764 e. The van der Waals surface area contributed by atoms with E-state index in [1.54, 1.807) is 0 Å². The van der Waals surface area contributed by atoms with E-state index in [-0.39, 0.29) is 0 Å². The maximum absolute atomic E-state index is 4.60. The molecule has 0 saturated carbocycles. The largest absolute Gasteiger partial charge is 0.297 e. The minimum atomic E-state index is 0.448. The van der Waals surface area contributed by atoms with Gasteiger partial charge in [0.15, 0.2) is 0 Å². The normalized spacial score (nSPS) is 11.6. The van der Waals surface area contributed by atoms with Crippen LogP contribution >= 0.6 is 15.9 Å². The molecule has 0 aliphatic carbocycles. The van der Waals surface area contributed by atoms with Crippen molar-refractivity contribution in [1.82, 2.24) is 14.7 Å². The molecule has 0 bridgehead atoms. The summed E-state index contributed by atoms with van der Waals surface area (Å²) in [5, 5.41) is 5.63. The molecule has 0 atom stereocenters. The van der Waals surface area contributed by atoms with Gasteiger partial charge in [0, 0.05) is 30.7 Å². The Morgan fingerprint density at radius 3 is 2.71 bits per heavy atom. The molecule has 17 heavy (non-hydrogen) atoms. The monoisotopic (exact) mass is 301 g/mol. The lowest BCUT2D eigenvalue weighted by Crippen LogP contribution is -2.26. The van der Waals surface area contributed by atoms with Crippen molar-refractivity contribution in [2.24, 2.45) is 0 Å². The van der Waals surface area contributed by atoms with Crippen LogP contribution in [0.2, 0.25) is 0 Å². The van der Waals surface area contributed by atoms with Crippen LogP contribution in [-0.2, 0) is 6.54 Å². The fourth-order valence-electron chi connectivity index (χ4n) is 1.75. The van der Waals surface area contributed by atoms with Gasteiger partial charge in [0.2, 0.25) is 0 Å². The third-order valence-electron chi connectivity index (χ3n) is 2.81. The van der Waals surface area contributed by atoms with Crippen molar-refractivity contribution in [2.75, 3.05) is 18.4 Å². The van der Waals surface area contributed by atoms with Gasteiger partial charge in [-0.25, -0.2) is 0 Å². The predicted molar refractivity (Wildman–Crippen MR) is 76.6 cm³/mol. The summed E-state index contributed by atoms with van der Waals surface area (Å²) in [6, 6.07) is 2.58. The molecule has 0 aliphatic rings. The lowest BCUT2D eigenvalue weighted by atomic mass is 10.3. The molecule has 1 aromatic heterocycles. The summed E-state index contributed by atoms with van der Waals surface area (Å²) in [5.74, 6) is 0. The van der Waals surface area contributed by atoms with Gasteiger partial charge in [0.1, 0.15) is 0 Å². The average Bonchev–Trinajstić information content (AvgIpc) is 2.75. The standard InChI is InChI=1S/C13H24BrN3/c1-4-5-8-16(10-7-14)11-13-6-9-17(15-13)12(2)3/h6,9,12H,4-5,7-8,10-11H2,1-3H3. The minimum absolute atomic E-state index is 0.448. The maximum atomic E-state index is 4.60. The minimum Gasteiger partial charge on any atom is -0.297 e. The third-order valence-corrected chi connectivity index (χ3v) is 3.16. The molecule has 1 rings (SSSR count). The van der Waals surface area contributed by atoms with Gasteiger partial charge < -0.3 is 0 Å². The highest BCUT2D eigenvalue weighted by atomic mass is 79.9. The van der Waals surface area contributed by atoms with Crippen molar-refractivity contribution in [3.8, 4) is 0 Å².